The normalized spacial score (nSPS) is 13.3. The summed E-state index contributed by atoms with van der Waals surface area (Å²) in [5, 5.41) is 24.1. The summed E-state index contributed by atoms with van der Waals surface area (Å²) >= 11 is 0. The average molecular weight is 700 g/mol. The zero-order valence-electron chi connectivity index (χ0n) is 30.3. The van der Waals surface area contributed by atoms with Crippen molar-refractivity contribution in [2.75, 3.05) is 20.8 Å². The number of rotatable bonds is 27. The molecule has 1 aromatic carbocycles. The van der Waals surface area contributed by atoms with Gasteiger partial charge in [-0.25, -0.2) is 9.59 Å². The molecule has 0 bridgehead atoms. The van der Waals surface area contributed by atoms with Crippen molar-refractivity contribution in [1.82, 2.24) is 5.32 Å². The number of methoxy groups -OCH3 is 2. The molecule has 0 aliphatic carbocycles. The summed E-state index contributed by atoms with van der Waals surface area (Å²) in [5.74, 6) is 0.964. The van der Waals surface area contributed by atoms with E-state index in [0.29, 0.717) is 36.4 Å². The molecule has 278 valence electrons. The number of carboxylic acids is 1. The number of hydrogen-bond acceptors (Lipinski definition) is 9. The molecule has 0 saturated carbocycles. The number of Topliss-reactive ketones (excluding diaryl/α,β-unsaturated/α-hetero) is 1. The van der Waals surface area contributed by atoms with E-state index in [0.717, 1.165) is 38.5 Å². The van der Waals surface area contributed by atoms with Gasteiger partial charge in [-0.15, -0.1) is 5.92 Å². The monoisotopic (exact) mass is 699 g/mol. The van der Waals surface area contributed by atoms with Gasteiger partial charge in [0.2, 0.25) is 5.91 Å². The smallest absolute Gasteiger partial charge is 0.336 e. The summed E-state index contributed by atoms with van der Waals surface area (Å²) in [7, 11) is 2.38. The summed E-state index contributed by atoms with van der Waals surface area (Å²) in [5.41, 5.74) is -1.91. The first-order valence-electron chi connectivity index (χ1n) is 17.7. The molecule has 0 unspecified atom stereocenters. The van der Waals surface area contributed by atoms with Crippen LogP contribution in [-0.4, -0.2) is 72.3 Å². The van der Waals surface area contributed by atoms with Crippen LogP contribution in [0.5, 0.6) is 5.75 Å². The van der Waals surface area contributed by atoms with Gasteiger partial charge < -0.3 is 29.7 Å². The number of ketones is 1. The first-order chi connectivity index (χ1) is 24.0. The van der Waals surface area contributed by atoms with E-state index in [4.69, 9.17) is 9.47 Å². The minimum Gasteiger partial charge on any atom is -0.481 e. The highest BCUT2D eigenvalue weighted by Gasteiger charge is 2.47. The topological polar surface area (TPSA) is 166 Å². The Hall–Kier alpha value is -4.17. The van der Waals surface area contributed by atoms with E-state index in [-0.39, 0.29) is 25.9 Å². The predicted octanol–water partition coefficient (Wildman–Crippen LogP) is 5.89. The Bertz CT molecular complexity index is 1280. The number of nitrogens with one attached hydrogen (secondary N) is 1. The van der Waals surface area contributed by atoms with Crippen molar-refractivity contribution in [2.45, 2.75) is 128 Å². The molecule has 0 spiro atoms. The van der Waals surface area contributed by atoms with Crippen molar-refractivity contribution in [3.05, 3.63) is 42.0 Å². The van der Waals surface area contributed by atoms with Crippen LogP contribution in [0.15, 0.2) is 36.4 Å². The van der Waals surface area contributed by atoms with Gasteiger partial charge in [0.25, 0.3) is 0 Å². The average Bonchev–Trinajstić information content (AvgIpc) is 3.10. The summed E-state index contributed by atoms with van der Waals surface area (Å²) in [6.45, 7) is 4.09. The third-order valence-corrected chi connectivity index (χ3v) is 8.45. The maximum atomic E-state index is 13.7. The molecular weight excluding hydrogens is 642 g/mol. The van der Waals surface area contributed by atoms with Gasteiger partial charge in [0, 0.05) is 25.7 Å². The molecule has 3 atom stereocenters. The second kappa shape index (κ2) is 25.8. The molecule has 11 heteroatoms. The molecule has 0 aliphatic rings. The van der Waals surface area contributed by atoms with Gasteiger partial charge in [0.15, 0.2) is 5.60 Å². The van der Waals surface area contributed by atoms with Gasteiger partial charge in [-0.05, 0) is 63.1 Å². The summed E-state index contributed by atoms with van der Waals surface area (Å²) in [4.78, 5) is 62.8. The Labute approximate surface area is 297 Å². The molecule has 1 amide bonds. The van der Waals surface area contributed by atoms with Crippen LogP contribution in [0.2, 0.25) is 0 Å². The van der Waals surface area contributed by atoms with Gasteiger partial charge >= 0.3 is 17.9 Å². The summed E-state index contributed by atoms with van der Waals surface area (Å²) < 4.78 is 15.1. The first-order valence-corrected chi connectivity index (χ1v) is 17.7. The van der Waals surface area contributed by atoms with Gasteiger partial charge in [-0.3, -0.25) is 14.4 Å². The van der Waals surface area contributed by atoms with Gasteiger partial charge in [-0.2, -0.15) is 0 Å². The fourth-order valence-electron chi connectivity index (χ4n) is 5.43. The standard InChI is InChI=1S/C39H57NO10/c1-5-7-9-12-15-19-31(41)20-16-13-10-11-14-17-21-33(39(47,38(45)46)27-18-22-35(42)48-3)36(43)40-34(37(44)49-4)29-30-23-25-32(26-24-30)50-28-8-6-2/h17,21,23-26,33-34,47H,5,7,9-16,18-20,22,27-29H2,1-4H3,(H,40,43)(H,45,46)/b21-17+/t33-,34+,39+/m1/s1. The number of carbonyl (C=O) groups is 5. The molecule has 1 aromatic rings. The van der Waals surface area contributed by atoms with Crippen molar-refractivity contribution in [3.63, 3.8) is 0 Å². The Morgan fingerprint density at radius 1 is 0.880 bits per heavy atom. The highest BCUT2D eigenvalue weighted by atomic mass is 16.5. The van der Waals surface area contributed by atoms with Crippen LogP contribution in [0, 0.1) is 17.8 Å². The number of carbonyl (C=O) groups excluding carboxylic acids is 4. The van der Waals surface area contributed by atoms with Gasteiger partial charge in [0.05, 0.1) is 20.1 Å². The number of allylic oxidation sites excluding steroid dienone is 1. The lowest BCUT2D eigenvalue weighted by Gasteiger charge is -2.31. The Morgan fingerprint density at radius 3 is 2.10 bits per heavy atom. The maximum absolute atomic E-state index is 13.7. The fraction of sp³-hybridized carbons (Fsp3) is 0.615. The van der Waals surface area contributed by atoms with E-state index < -0.39 is 47.8 Å². The Morgan fingerprint density at radius 2 is 1.52 bits per heavy atom. The number of amides is 1. The van der Waals surface area contributed by atoms with Crippen LogP contribution >= 0.6 is 0 Å². The highest BCUT2D eigenvalue weighted by molar-refractivity contribution is 5.92. The van der Waals surface area contributed by atoms with Crippen LogP contribution < -0.4 is 10.1 Å². The molecule has 50 heavy (non-hydrogen) atoms. The van der Waals surface area contributed by atoms with Crippen LogP contribution in [0.3, 0.4) is 0 Å². The molecule has 0 heterocycles. The number of ether oxygens (including phenoxy) is 3. The number of unbranched alkanes of at least 4 members (excludes halogenated alkanes) is 8. The molecule has 0 saturated heterocycles. The second-order valence-electron chi connectivity index (χ2n) is 12.4. The van der Waals surface area contributed by atoms with Crippen molar-refractivity contribution < 1.29 is 48.4 Å². The van der Waals surface area contributed by atoms with Crippen LogP contribution in [-0.2, 0) is 39.9 Å². The molecule has 3 N–H and O–H groups in total. The predicted molar refractivity (Wildman–Crippen MR) is 190 cm³/mol. The lowest BCUT2D eigenvalue weighted by Crippen LogP contribution is -2.54. The highest BCUT2D eigenvalue weighted by Crippen LogP contribution is 2.28. The van der Waals surface area contributed by atoms with Crippen LogP contribution in [0.25, 0.3) is 0 Å². The summed E-state index contributed by atoms with van der Waals surface area (Å²) in [6, 6.07) is 5.66. The van der Waals surface area contributed by atoms with Crippen molar-refractivity contribution >= 4 is 29.6 Å². The van der Waals surface area contributed by atoms with E-state index in [1.165, 1.54) is 39.6 Å². The number of hydrogen-bond donors (Lipinski definition) is 3. The van der Waals surface area contributed by atoms with Gasteiger partial charge in [-0.1, -0.05) is 75.7 Å². The minimum absolute atomic E-state index is 0.0269. The zero-order chi connectivity index (χ0) is 37.2. The Kier molecular flexibility index (Phi) is 22.6. The lowest BCUT2D eigenvalue weighted by atomic mass is 9.81. The second-order valence-corrected chi connectivity index (χ2v) is 12.4. The van der Waals surface area contributed by atoms with Crippen LogP contribution in [0.4, 0.5) is 0 Å². The molecule has 11 nitrogen and oxygen atoms in total. The number of benzene rings is 1. The third-order valence-electron chi connectivity index (χ3n) is 8.45. The van der Waals surface area contributed by atoms with Gasteiger partial charge in [0.1, 0.15) is 24.2 Å². The molecular formula is C39H57NO10. The molecule has 0 radical (unpaired) electrons. The van der Waals surface area contributed by atoms with E-state index in [9.17, 15) is 34.2 Å². The minimum atomic E-state index is -2.58. The SMILES string of the molecule is CC#CCOc1ccc(C[C@H](NC(=O)[C@@H](/C=C/CCCCCCC(=O)CCCCCCC)[C@@](O)(CCCC(=O)OC)C(=O)O)C(=O)OC)cc1. The van der Waals surface area contributed by atoms with E-state index in [1.807, 2.05) is 0 Å². The van der Waals surface area contributed by atoms with E-state index >= 15 is 0 Å². The number of aliphatic carboxylic acids is 1. The number of aliphatic hydroxyl groups is 1. The molecule has 0 aliphatic heterocycles. The maximum Gasteiger partial charge on any atom is 0.336 e. The first kappa shape index (κ1) is 43.9. The quantitative estimate of drug-likeness (QED) is 0.0436. The van der Waals surface area contributed by atoms with E-state index in [1.54, 1.807) is 37.3 Å². The number of esters is 2. The van der Waals surface area contributed by atoms with Crippen molar-refractivity contribution in [3.8, 4) is 17.6 Å². The van der Waals surface area contributed by atoms with E-state index in [2.05, 4.69) is 28.8 Å². The molecule has 0 fully saturated rings. The third kappa shape index (κ3) is 17.5. The Balaban J connectivity index is 2.98. The van der Waals surface area contributed by atoms with Crippen molar-refractivity contribution in [2.24, 2.45) is 5.92 Å². The van der Waals surface area contributed by atoms with Crippen LogP contribution in [0.1, 0.15) is 116 Å². The summed E-state index contributed by atoms with van der Waals surface area (Å²) in [6.07, 6.45) is 12.9. The zero-order valence-corrected chi connectivity index (χ0v) is 30.3. The largest absolute Gasteiger partial charge is 0.481 e. The fourth-order valence-corrected chi connectivity index (χ4v) is 5.43. The lowest BCUT2D eigenvalue weighted by molar-refractivity contribution is -0.168. The van der Waals surface area contributed by atoms with Crippen molar-refractivity contribution in [1.29, 1.82) is 0 Å². The number of carboxylic acid groups (broad SMARTS) is 1. The molecule has 1 rings (SSSR count). The molecule has 0 aromatic heterocycles.